The number of hydrogen-bond donors (Lipinski definition) is 1. The molecule has 122 valence electrons. The van der Waals surface area contributed by atoms with Crippen LogP contribution in [0, 0.1) is 0 Å². The van der Waals surface area contributed by atoms with Gasteiger partial charge in [-0.15, -0.1) is 0 Å². The van der Waals surface area contributed by atoms with E-state index in [2.05, 4.69) is 17.4 Å². The maximum Gasteiger partial charge on any atom is 0.261 e. The molecule has 0 aliphatic rings. The van der Waals surface area contributed by atoms with Gasteiger partial charge in [0.1, 0.15) is 5.75 Å². The lowest BCUT2D eigenvalue weighted by Crippen LogP contribution is -2.49. The molecule has 0 aliphatic carbocycles. The molecule has 0 saturated heterocycles. The molecule has 0 heterocycles. The first kappa shape index (κ1) is 17.4. The predicted octanol–water partition coefficient (Wildman–Crippen LogP) is 4.24. The van der Waals surface area contributed by atoms with Crippen LogP contribution in [-0.4, -0.2) is 17.6 Å². The molecule has 0 aliphatic heterocycles. The first-order chi connectivity index (χ1) is 10.9. The van der Waals surface area contributed by atoms with Crippen molar-refractivity contribution in [2.24, 2.45) is 0 Å². The third-order valence-corrected chi connectivity index (χ3v) is 3.70. The SMILES string of the molecule is C[C@@H](Oc1ccc(Cl)cc1)C(=O)NC(C)(C)Cc1ccccc1. The van der Waals surface area contributed by atoms with Crippen molar-refractivity contribution >= 4 is 17.5 Å². The van der Waals surface area contributed by atoms with Crippen LogP contribution >= 0.6 is 11.6 Å². The molecule has 1 N–H and O–H groups in total. The molecule has 2 aromatic rings. The third kappa shape index (κ3) is 5.61. The highest BCUT2D eigenvalue weighted by atomic mass is 35.5. The van der Waals surface area contributed by atoms with E-state index in [-0.39, 0.29) is 11.4 Å². The Morgan fingerprint density at radius 3 is 2.35 bits per heavy atom. The summed E-state index contributed by atoms with van der Waals surface area (Å²) in [6.07, 6.45) is 0.180. The van der Waals surface area contributed by atoms with Crippen molar-refractivity contribution in [2.75, 3.05) is 0 Å². The zero-order valence-electron chi connectivity index (χ0n) is 13.7. The molecule has 0 fully saturated rings. The number of benzene rings is 2. The summed E-state index contributed by atoms with van der Waals surface area (Å²) in [7, 11) is 0. The summed E-state index contributed by atoms with van der Waals surface area (Å²) in [5, 5.41) is 3.68. The van der Waals surface area contributed by atoms with E-state index in [1.807, 2.05) is 32.0 Å². The van der Waals surface area contributed by atoms with E-state index in [4.69, 9.17) is 16.3 Å². The summed E-state index contributed by atoms with van der Waals surface area (Å²) >= 11 is 5.84. The molecular formula is C19H22ClNO2. The highest BCUT2D eigenvalue weighted by molar-refractivity contribution is 6.30. The van der Waals surface area contributed by atoms with Crippen molar-refractivity contribution in [3.63, 3.8) is 0 Å². The topological polar surface area (TPSA) is 38.3 Å². The number of carbonyl (C=O) groups excluding carboxylic acids is 1. The lowest BCUT2D eigenvalue weighted by atomic mass is 9.94. The number of ether oxygens (including phenoxy) is 1. The maximum atomic E-state index is 12.4. The van der Waals surface area contributed by atoms with Crippen molar-refractivity contribution in [3.05, 3.63) is 65.2 Å². The van der Waals surface area contributed by atoms with Crippen LogP contribution in [0.3, 0.4) is 0 Å². The molecular weight excluding hydrogens is 310 g/mol. The average Bonchev–Trinajstić information content (AvgIpc) is 2.49. The Morgan fingerprint density at radius 2 is 1.74 bits per heavy atom. The Bertz CT molecular complexity index is 638. The number of nitrogens with one attached hydrogen (secondary N) is 1. The molecule has 1 atom stereocenters. The third-order valence-electron chi connectivity index (χ3n) is 3.45. The van der Waals surface area contributed by atoms with Gasteiger partial charge < -0.3 is 10.1 Å². The zero-order valence-corrected chi connectivity index (χ0v) is 14.4. The second-order valence-corrected chi connectivity index (χ2v) is 6.69. The Morgan fingerprint density at radius 1 is 1.13 bits per heavy atom. The molecule has 3 nitrogen and oxygen atoms in total. The highest BCUT2D eigenvalue weighted by Crippen LogP contribution is 2.18. The standard InChI is InChI=1S/C19H22ClNO2/c1-14(23-17-11-9-16(20)10-12-17)18(22)21-19(2,3)13-15-7-5-4-6-8-15/h4-12,14H,13H2,1-3H3,(H,21,22)/t14-/m1/s1. The molecule has 0 unspecified atom stereocenters. The van der Waals surface area contributed by atoms with Crippen molar-refractivity contribution in [2.45, 2.75) is 38.8 Å². The molecule has 0 saturated carbocycles. The van der Waals surface area contributed by atoms with Gasteiger partial charge in [-0.1, -0.05) is 41.9 Å². The van der Waals surface area contributed by atoms with Gasteiger partial charge >= 0.3 is 0 Å². The average molecular weight is 332 g/mol. The molecule has 4 heteroatoms. The smallest absolute Gasteiger partial charge is 0.261 e. The Balaban J connectivity index is 1.92. The van der Waals surface area contributed by atoms with Gasteiger partial charge in [0, 0.05) is 10.6 Å². The first-order valence-corrected chi connectivity index (χ1v) is 8.02. The van der Waals surface area contributed by atoms with E-state index in [9.17, 15) is 4.79 Å². The van der Waals surface area contributed by atoms with Crippen LogP contribution in [0.4, 0.5) is 0 Å². The second-order valence-electron chi connectivity index (χ2n) is 6.25. The molecule has 2 aromatic carbocycles. The van der Waals surface area contributed by atoms with Gasteiger partial charge in [0.05, 0.1) is 0 Å². The first-order valence-electron chi connectivity index (χ1n) is 7.64. The number of halogens is 1. The summed E-state index contributed by atoms with van der Waals surface area (Å²) in [5.74, 6) is 0.485. The highest BCUT2D eigenvalue weighted by Gasteiger charge is 2.24. The summed E-state index contributed by atoms with van der Waals surface area (Å²) in [6, 6.07) is 17.1. The Hall–Kier alpha value is -2.00. The van der Waals surface area contributed by atoms with Gasteiger partial charge in [-0.3, -0.25) is 4.79 Å². The molecule has 1 amide bonds. The van der Waals surface area contributed by atoms with E-state index in [1.54, 1.807) is 31.2 Å². The van der Waals surface area contributed by atoms with Crippen molar-refractivity contribution in [3.8, 4) is 5.75 Å². The van der Waals surface area contributed by atoms with Gasteiger partial charge in [-0.05, 0) is 57.0 Å². The lowest BCUT2D eigenvalue weighted by molar-refractivity contribution is -0.128. The summed E-state index contributed by atoms with van der Waals surface area (Å²) < 4.78 is 5.66. The van der Waals surface area contributed by atoms with E-state index < -0.39 is 6.10 Å². The van der Waals surface area contributed by atoms with Gasteiger partial charge in [0.2, 0.25) is 0 Å². The number of amides is 1. The van der Waals surface area contributed by atoms with Crippen LogP contribution in [-0.2, 0) is 11.2 Å². The number of carbonyl (C=O) groups is 1. The van der Waals surface area contributed by atoms with Crippen LogP contribution in [0.5, 0.6) is 5.75 Å². The van der Waals surface area contributed by atoms with E-state index in [1.165, 1.54) is 5.56 Å². The zero-order chi connectivity index (χ0) is 16.9. The summed E-state index contributed by atoms with van der Waals surface area (Å²) in [6.45, 7) is 5.75. The number of rotatable bonds is 6. The normalized spacial score (nSPS) is 12.5. The molecule has 0 aromatic heterocycles. The minimum Gasteiger partial charge on any atom is -0.481 e. The van der Waals surface area contributed by atoms with Crippen LogP contribution < -0.4 is 10.1 Å². The maximum absolute atomic E-state index is 12.4. The lowest BCUT2D eigenvalue weighted by Gasteiger charge is -2.28. The second kappa shape index (κ2) is 7.51. The Labute approximate surface area is 142 Å². The minimum atomic E-state index is -0.578. The molecule has 0 spiro atoms. The number of hydrogen-bond acceptors (Lipinski definition) is 2. The molecule has 0 radical (unpaired) electrons. The fourth-order valence-corrected chi connectivity index (χ4v) is 2.48. The monoisotopic (exact) mass is 331 g/mol. The van der Waals surface area contributed by atoms with Gasteiger partial charge in [-0.2, -0.15) is 0 Å². The predicted molar refractivity (Wildman–Crippen MR) is 93.9 cm³/mol. The van der Waals surface area contributed by atoms with Crippen LogP contribution in [0.25, 0.3) is 0 Å². The van der Waals surface area contributed by atoms with E-state index in [0.29, 0.717) is 10.8 Å². The van der Waals surface area contributed by atoms with Crippen molar-refractivity contribution in [1.82, 2.24) is 5.32 Å². The molecule has 23 heavy (non-hydrogen) atoms. The fraction of sp³-hybridized carbons (Fsp3) is 0.316. The van der Waals surface area contributed by atoms with E-state index in [0.717, 1.165) is 6.42 Å². The minimum absolute atomic E-state index is 0.138. The van der Waals surface area contributed by atoms with Crippen LogP contribution in [0.15, 0.2) is 54.6 Å². The summed E-state index contributed by atoms with van der Waals surface area (Å²) in [5.41, 5.74) is 0.833. The molecule has 0 bridgehead atoms. The van der Waals surface area contributed by atoms with Crippen LogP contribution in [0.2, 0.25) is 5.02 Å². The quantitative estimate of drug-likeness (QED) is 0.859. The van der Waals surface area contributed by atoms with Crippen LogP contribution in [0.1, 0.15) is 26.3 Å². The largest absolute Gasteiger partial charge is 0.481 e. The van der Waals surface area contributed by atoms with E-state index >= 15 is 0 Å². The Kier molecular flexibility index (Phi) is 5.67. The van der Waals surface area contributed by atoms with Gasteiger partial charge in [0.25, 0.3) is 5.91 Å². The van der Waals surface area contributed by atoms with Gasteiger partial charge in [-0.25, -0.2) is 0 Å². The van der Waals surface area contributed by atoms with Crippen molar-refractivity contribution < 1.29 is 9.53 Å². The fourth-order valence-electron chi connectivity index (χ4n) is 2.36. The molecule has 2 rings (SSSR count). The summed E-state index contributed by atoms with van der Waals surface area (Å²) in [4.78, 5) is 12.4. The van der Waals surface area contributed by atoms with Gasteiger partial charge in [0.15, 0.2) is 6.10 Å². The van der Waals surface area contributed by atoms with Crippen molar-refractivity contribution in [1.29, 1.82) is 0 Å².